The quantitative estimate of drug-likeness (QED) is 0.680. The summed E-state index contributed by atoms with van der Waals surface area (Å²) in [5.74, 6) is 0.503. The molecule has 1 fully saturated rings. The Morgan fingerprint density at radius 1 is 1.30 bits per heavy atom. The van der Waals surface area contributed by atoms with Crippen LogP contribution >= 0.6 is 0 Å². The van der Waals surface area contributed by atoms with Crippen molar-refractivity contribution in [1.29, 1.82) is 0 Å². The SMILES string of the molecule is C=C(C)CN1CCC(Nc2nc3c(cnn3-c3ccccc3)c(=O)[nH]2)CC1. The fourth-order valence-electron chi connectivity index (χ4n) is 3.56. The highest BCUT2D eigenvalue weighted by atomic mass is 16.1. The van der Waals surface area contributed by atoms with Gasteiger partial charge in [-0.3, -0.25) is 14.7 Å². The molecule has 27 heavy (non-hydrogen) atoms. The maximum atomic E-state index is 12.5. The van der Waals surface area contributed by atoms with Crippen molar-refractivity contribution in [2.45, 2.75) is 25.8 Å². The number of para-hydroxylation sites is 1. The molecule has 2 N–H and O–H groups in total. The van der Waals surface area contributed by atoms with Crippen LogP contribution in [0.15, 0.2) is 53.5 Å². The van der Waals surface area contributed by atoms with Crippen molar-refractivity contribution in [2.24, 2.45) is 0 Å². The number of nitrogens with zero attached hydrogens (tertiary/aromatic N) is 4. The minimum atomic E-state index is -0.176. The minimum absolute atomic E-state index is 0.176. The van der Waals surface area contributed by atoms with E-state index in [1.807, 2.05) is 30.3 Å². The van der Waals surface area contributed by atoms with Crippen LogP contribution in [-0.2, 0) is 0 Å². The molecule has 3 heterocycles. The van der Waals surface area contributed by atoms with Gasteiger partial charge in [-0.25, -0.2) is 4.68 Å². The number of aromatic nitrogens is 4. The third-order valence-corrected chi connectivity index (χ3v) is 4.86. The molecule has 7 heteroatoms. The van der Waals surface area contributed by atoms with E-state index < -0.39 is 0 Å². The molecule has 0 amide bonds. The van der Waals surface area contributed by atoms with Gasteiger partial charge in [0.15, 0.2) is 5.65 Å². The monoisotopic (exact) mass is 364 g/mol. The van der Waals surface area contributed by atoms with Gasteiger partial charge in [0, 0.05) is 25.7 Å². The Kier molecular flexibility index (Phi) is 4.77. The Hall–Kier alpha value is -2.93. The van der Waals surface area contributed by atoms with Gasteiger partial charge in [-0.2, -0.15) is 10.1 Å². The predicted octanol–water partition coefficient (Wildman–Crippen LogP) is 2.56. The van der Waals surface area contributed by atoms with Crippen LogP contribution in [0.5, 0.6) is 0 Å². The number of H-pyrrole nitrogens is 1. The van der Waals surface area contributed by atoms with Crippen LogP contribution in [-0.4, -0.2) is 50.3 Å². The van der Waals surface area contributed by atoms with E-state index in [0.717, 1.165) is 38.2 Å². The number of piperidine rings is 1. The maximum absolute atomic E-state index is 12.5. The Bertz CT molecular complexity index is 998. The molecule has 0 unspecified atom stereocenters. The topological polar surface area (TPSA) is 78.8 Å². The highest BCUT2D eigenvalue weighted by Crippen LogP contribution is 2.17. The van der Waals surface area contributed by atoms with Crippen LogP contribution in [0.3, 0.4) is 0 Å². The van der Waals surface area contributed by atoms with Crippen LogP contribution in [0.1, 0.15) is 19.8 Å². The normalized spacial score (nSPS) is 15.9. The van der Waals surface area contributed by atoms with Gasteiger partial charge in [-0.15, -0.1) is 0 Å². The summed E-state index contributed by atoms with van der Waals surface area (Å²) in [7, 11) is 0. The molecule has 0 aliphatic carbocycles. The van der Waals surface area contributed by atoms with Gasteiger partial charge in [0.2, 0.25) is 5.95 Å². The molecule has 140 valence electrons. The molecule has 2 aromatic heterocycles. The van der Waals surface area contributed by atoms with Crippen molar-refractivity contribution in [3.05, 3.63) is 59.0 Å². The van der Waals surface area contributed by atoms with Crippen LogP contribution in [0.25, 0.3) is 16.7 Å². The average Bonchev–Trinajstić information content (AvgIpc) is 3.08. The first kappa shape index (κ1) is 17.5. The highest BCUT2D eigenvalue weighted by Gasteiger charge is 2.20. The Balaban J connectivity index is 1.55. The number of rotatable bonds is 5. The molecule has 0 spiro atoms. The first-order valence-electron chi connectivity index (χ1n) is 9.27. The molecule has 0 bridgehead atoms. The Morgan fingerprint density at radius 3 is 2.74 bits per heavy atom. The molecule has 0 atom stereocenters. The summed E-state index contributed by atoms with van der Waals surface area (Å²) in [4.78, 5) is 22.3. The third-order valence-electron chi connectivity index (χ3n) is 4.86. The number of benzene rings is 1. The first-order chi connectivity index (χ1) is 13.1. The average molecular weight is 364 g/mol. The van der Waals surface area contributed by atoms with Crippen molar-refractivity contribution in [3.8, 4) is 5.69 Å². The van der Waals surface area contributed by atoms with E-state index in [1.165, 1.54) is 5.57 Å². The lowest BCUT2D eigenvalue weighted by Gasteiger charge is -2.32. The van der Waals surface area contributed by atoms with Crippen molar-refractivity contribution >= 4 is 17.0 Å². The van der Waals surface area contributed by atoms with E-state index in [-0.39, 0.29) is 5.56 Å². The standard InChI is InChI=1S/C20H24N6O/c1-14(2)13-25-10-8-15(9-11-25)22-20-23-18-17(19(27)24-20)12-21-26(18)16-6-4-3-5-7-16/h3-7,12,15H,1,8-11,13H2,2H3,(H2,22,23,24,27). The number of nitrogens with one attached hydrogen (secondary N) is 2. The van der Waals surface area contributed by atoms with Gasteiger partial charge >= 0.3 is 0 Å². The fourth-order valence-corrected chi connectivity index (χ4v) is 3.56. The Morgan fingerprint density at radius 2 is 2.04 bits per heavy atom. The zero-order valence-corrected chi connectivity index (χ0v) is 15.5. The molecule has 0 saturated carbocycles. The van der Waals surface area contributed by atoms with Crippen molar-refractivity contribution < 1.29 is 0 Å². The molecule has 7 nitrogen and oxygen atoms in total. The zero-order valence-electron chi connectivity index (χ0n) is 15.5. The molecule has 1 aliphatic heterocycles. The molecule has 1 aromatic carbocycles. The van der Waals surface area contributed by atoms with E-state index >= 15 is 0 Å². The molecule has 4 rings (SSSR count). The van der Waals surface area contributed by atoms with Crippen LogP contribution in [0.2, 0.25) is 0 Å². The second-order valence-corrected chi connectivity index (χ2v) is 7.20. The summed E-state index contributed by atoms with van der Waals surface area (Å²) in [5, 5.41) is 8.23. The molecule has 1 saturated heterocycles. The van der Waals surface area contributed by atoms with Crippen LogP contribution < -0.4 is 10.9 Å². The largest absolute Gasteiger partial charge is 0.353 e. The lowest BCUT2D eigenvalue weighted by molar-refractivity contribution is 0.235. The smallest absolute Gasteiger partial charge is 0.263 e. The second-order valence-electron chi connectivity index (χ2n) is 7.20. The number of hydrogen-bond donors (Lipinski definition) is 2. The van der Waals surface area contributed by atoms with E-state index in [0.29, 0.717) is 23.0 Å². The van der Waals surface area contributed by atoms with Gasteiger partial charge in [-0.05, 0) is 31.9 Å². The lowest BCUT2D eigenvalue weighted by Crippen LogP contribution is -2.40. The molecular weight excluding hydrogens is 340 g/mol. The summed E-state index contributed by atoms with van der Waals surface area (Å²) in [6.45, 7) is 9.02. The van der Waals surface area contributed by atoms with Gasteiger partial charge in [-0.1, -0.05) is 30.4 Å². The number of aromatic amines is 1. The summed E-state index contributed by atoms with van der Waals surface area (Å²) in [6.07, 6.45) is 3.58. The fraction of sp³-hybridized carbons (Fsp3) is 0.350. The summed E-state index contributed by atoms with van der Waals surface area (Å²) in [6, 6.07) is 10.0. The summed E-state index contributed by atoms with van der Waals surface area (Å²) < 4.78 is 1.70. The maximum Gasteiger partial charge on any atom is 0.263 e. The molecule has 0 radical (unpaired) electrons. The Labute approximate surface area is 157 Å². The van der Waals surface area contributed by atoms with Crippen LogP contribution in [0.4, 0.5) is 5.95 Å². The van der Waals surface area contributed by atoms with Gasteiger partial charge in [0.1, 0.15) is 5.39 Å². The third kappa shape index (κ3) is 3.78. The zero-order chi connectivity index (χ0) is 18.8. The first-order valence-corrected chi connectivity index (χ1v) is 9.27. The molecule has 1 aliphatic rings. The number of anilines is 1. The number of fused-ring (bicyclic) bond motifs is 1. The van der Waals surface area contributed by atoms with E-state index in [4.69, 9.17) is 0 Å². The highest BCUT2D eigenvalue weighted by molar-refractivity contribution is 5.76. The van der Waals surface area contributed by atoms with E-state index in [9.17, 15) is 4.79 Å². The van der Waals surface area contributed by atoms with Crippen molar-refractivity contribution in [1.82, 2.24) is 24.6 Å². The predicted molar refractivity (Wildman–Crippen MR) is 107 cm³/mol. The number of likely N-dealkylation sites (tertiary alicyclic amines) is 1. The lowest BCUT2D eigenvalue weighted by atomic mass is 10.0. The van der Waals surface area contributed by atoms with Gasteiger partial charge < -0.3 is 5.32 Å². The van der Waals surface area contributed by atoms with Crippen molar-refractivity contribution in [3.63, 3.8) is 0 Å². The molecular formula is C20H24N6O. The summed E-state index contributed by atoms with van der Waals surface area (Å²) >= 11 is 0. The van der Waals surface area contributed by atoms with Gasteiger partial charge in [0.25, 0.3) is 5.56 Å². The number of hydrogen-bond acceptors (Lipinski definition) is 5. The molecule has 3 aromatic rings. The van der Waals surface area contributed by atoms with E-state index in [1.54, 1.807) is 10.9 Å². The minimum Gasteiger partial charge on any atom is -0.353 e. The second kappa shape index (κ2) is 7.36. The van der Waals surface area contributed by atoms with Gasteiger partial charge in [0.05, 0.1) is 11.9 Å². The van der Waals surface area contributed by atoms with E-state index in [2.05, 4.69) is 38.8 Å². The van der Waals surface area contributed by atoms with Crippen molar-refractivity contribution in [2.75, 3.05) is 25.0 Å². The van der Waals surface area contributed by atoms with Crippen LogP contribution in [0, 0.1) is 0 Å². The summed E-state index contributed by atoms with van der Waals surface area (Å²) in [5.41, 5.74) is 2.45.